The highest BCUT2D eigenvalue weighted by Gasteiger charge is 2.24. The number of hydrogen-bond donors (Lipinski definition) is 0. The maximum Gasteiger partial charge on any atom is 0.217 e. The number of nitrogens with zero attached hydrogens (tertiary/aromatic N) is 1. The number of allylic oxidation sites excluding steroid dienone is 1. The zero-order valence-electron chi connectivity index (χ0n) is 13.3. The number of benzene rings is 2. The predicted molar refractivity (Wildman–Crippen MR) is 102 cm³/mol. The summed E-state index contributed by atoms with van der Waals surface area (Å²) in [5, 5.41) is 9.41. The van der Waals surface area contributed by atoms with Gasteiger partial charge in [-0.05, 0) is 57.9 Å². The van der Waals surface area contributed by atoms with Gasteiger partial charge in [-0.15, -0.1) is 0 Å². The monoisotopic (exact) mass is 485 g/mol. The molecule has 0 saturated carbocycles. The topological polar surface area (TPSA) is 76.4 Å². The van der Waals surface area contributed by atoms with Crippen LogP contribution in [0.2, 0.25) is 0 Å². The lowest BCUT2D eigenvalue weighted by Gasteiger charge is -2.08. The summed E-state index contributed by atoms with van der Waals surface area (Å²) in [6.07, 6.45) is 1.29. The predicted octanol–water partition coefficient (Wildman–Crippen LogP) is 4.57. The van der Waals surface area contributed by atoms with E-state index in [1.54, 1.807) is 36.4 Å². The second kappa shape index (κ2) is 8.04. The maximum atomic E-state index is 12.8. The second-order valence-electron chi connectivity index (χ2n) is 4.84. The molecule has 0 atom stereocenters. The lowest BCUT2D eigenvalue weighted by Crippen LogP contribution is -2.04. The summed E-state index contributed by atoms with van der Waals surface area (Å²) in [7, 11) is -1.02. The number of sulfone groups is 1. The summed E-state index contributed by atoms with van der Waals surface area (Å²) in [5.41, 5.74) is 0.474. The van der Waals surface area contributed by atoms with Crippen molar-refractivity contribution in [2.45, 2.75) is 4.90 Å². The Bertz CT molecular complexity index is 956. The third-order valence-electron chi connectivity index (χ3n) is 3.25. The molecule has 8 heteroatoms. The summed E-state index contributed by atoms with van der Waals surface area (Å²) in [4.78, 5) is -0.383. The summed E-state index contributed by atoms with van der Waals surface area (Å²) >= 11 is 6.46. The smallest absolute Gasteiger partial charge is 0.217 e. The van der Waals surface area contributed by atoms with Crippen LogP contribution in [-0.2, 0) is 9.84 Å². The van der Waals surface area contributed by atoms with Crippen LogP contribution in [0.1, 0.15) is 5.56 Å². The molecule has 0 N–H and O–H groups in total. The fourth-order valence-corrected chi connectivity index (χ4v) is 4.69. The minimum Gasteiger partial charge on any atom is -0.497 e. The Labute approximate surface area is 163 Å². The molecule has 2 aromatic carbocycles. The molecule has 0 amide bonds. The molecule has 5 nitrogen and oxygen atoms in total. The first-order valence-corrected chi connectivity index (χ1v) is 9.93. The van der Waals surface area contributed by atoms with Gasteiger partial charge in [-0.3, -0.25) is 0 Å². The van der Waals surface area contributed by atoms with E-state index in [9.17, 15) is 13.7 Å². The van der Waals surface area contributed by atoms with Crippen LogP contribution in [0.5, 0.6) is 11.5 Å². The molecule has 0 spiro atoms. The van der Waals surface area contributed by atoms with Gasteiger partial charge in [0.25, 0.3) is 0 Å². The number of ether oxygens (including phenoxy) is 2. The van der Waals surface area contributed by atoms with Crippen LogP contribution in [-0.4, -0.2) is 22.6 Å². The van der Waals surface area contributed by atoms with Crippen molar-refractivity contribution >= 4 is 47.8 Å². The Morgan fingerprint density at radius 1 is 1.08 bits per heavy atom. The van der Waals surface area contributed by atoms with Gasteiger partial charge in [-0.2, -0.15) is 5.26 Å². The van der Waals surface area contributed by atoms with Crippen LogP contribution in [0.4, 0.5) is 0 Å². The number of nitriles is 1. The Kier molecular flexibility index (Phi) is 6.27. The lowest BCUT2D eigenvalue weighted by molar-refractivity contribution is 0.394. The van der Waals surface area contributed by atoms with Gasteiger partial charge in [0.05, 0.1) is 19.1 Å². The molecule has 0 aromatic heterocycles. The molecule has 25 heavy (non-hydrogen) atoms. The molecular formula is C17H13Br2NO4S. The summed E-state index contributed by atoms with van der Waals surface area (Å²) in [5.74, 6) is 0.979. The maximum absolute atomic E-state index is 12.8. The van der Waals surface area contributed by atoms with Gasteiger partial charge in [0, 0.05) is 15.0 Å². The molecule has 0 unspecified atom stereocenters. The first-order valence-electron chi connectivity index (χ1n) is 6.87. The number of halogens is 2. The van der Waals surface area contributed by atoms with Gasteiger partial charge >= 0.3 is 0 Å². The molecule has 0 bridgehead atoms. The van der Waals surface area contributed by atoms with Gasteiger partial charge in [-0.1, -0.05) is 15.9 Å². The molecular weight excluding hydrogens is 474 g/mol. The minimum absolute atomic E-state index is 0.00420. The average molecular weight is 487 g/mol. The van der Waals surface area contributed by atoms with Crippen molar-refractivity contribution in [2.24, 2.45) is 0 Å². The van der Waals surface area contributed by atoms with E-state index < -0.39 is 9.84 Å². The zero-order valence-corrected chi connectivity index (χ0v) is 17.3. The number of methoxy groups -OCH3 is 2. The highest BCUT2D eigenvalue weighted by molar-refractivity contribution is 9.11. The van der Waals surface area contributed by atoms with Crippen LogP contribution in [0.15, 0.2) is 55.1 Å². The molecule has 0 heterocycles. The van der Waals surface area contributed by atoms with Crippen LogP contribution >= 0.6 is 31.9 Å². The Balaban J connectivity index is 2.61. The molecule has 2 rings (SSSR count). The van der Waals surface area contributed by atoms with E-state index in [0.717, 1.165) is 0 Å². The van der Waals surface area contributed by atoms with Crippen molar-refractivity contribution in [3.05, 3.63) is 55.8 Å². The van der Waals surface area contributed by atoms with Crippen molar-refractivity contribution < 1.29 is 17.9 Å². The summed E-state index contributed by atoms with van der Waals surface area (Å²) < 4.78 is 37.0. The van der Waals surface area contributed by atoms with Crippen molar-refractivity contribution in [1.82, 2.24) is 0 Å². The van der Waals surface area contributed by atoms with E-state index in [4.69, 9.17) is 9.47 Å². The Hall–Kier alpha value is -1.82. The van der Waals surface area contributed by atoms with Crippen molar-refractivity contribution in [3.8, 4) is 17.6 Å². The SMILES string of the molecule is COc1cc(/C=C(\C#N)S(=O)(=O)c2cc(Br)ccc2Br)cc(OC)c1. The van der Waals surface area contributed by atoms with Gasteiger partial charge in [0.1, 0.15) is 22.5 Å². The molecule has 0 aliphatic heterocycles. The lowest BCUT2D eigenvalue weighted by atomic mass is 10.2. The van der Waals surface area contributed by atoms with Crippen molar-refractivity contribution in [1.29, 1.82) is 5.26 Å². The van der Waals surface area contributed by atoms with E-state index in [0.29, 0.717) is 26.0 Å². The molecule has 0 fully saturated rings. The number of hydrogen-bond acceptors (Lipinski definition) is 5. The highest BCUT2D eigenvalue weighted by Crippen LogP contribution is 2.31. The average Bonchev–Trinajstić information content (AvgIpc) is 2.60. The fourth-order valence-electron chi connectivity index (χ4n) is 2.04. The van der Waals surface area contributed by atoms with Crippen LogP contribution in [0.25, 0.3) is 6.08 Å². The van der Waals surface area contributed by atoms with E-state index in [-0.39, 0.29) is 9.80 Å². The van der Waals surface area contributed by atoms with E-state index >= 15 is 0 Å². The Morgan fingerprint density at radius 3 is 2.20 bits per heavy atom. The molecule has 0 saturated heterocycles. The molecule has 0 aliphatic rings. The van der Waals surface area contributed by atoms with E-state index in [2.05, 4.69) is 31.9 Å². The number of rotatable bonds is 5. The zero-order chi connectivity index (χ0) is 18.6. The third-order valence-corrected chi connectivity index (χ3v) is 6.41. The van der Waals surface area contributed by atoms with Crippen molar-refractivity contribution in [2.75, 3.05) is 14.2 Å². The first-order chi connectivity index (χ1) is 11.8. The fraction of sp³-hybridized carbons (Fsp3) is 0.118. The second-order valence-corrected chi connectivity index (χ2v) is 8.50. The van der Waals surface area contributed by atoms with Gasteiger partial charge < -0.3 is 9.47 Å². The van der Waals surface area contributed by atoms with E-state index in [1.807, 2.05) is 0 Å². The van der Waals surface area contributed by atoms with Gasteiger partial charge in [-0.25, -0.2) is 8.42 Å². The molecule has 130 valence electrons. The largest absolute Gasteiger partial charge is 0.497 e. The highest BCUT2D eigenvalue weighted by atomic mass is 79.9. The van der Waals surface area contributed by atoms with Crippen LogP contribution in [0.3, 0.4) is 0 Å². The third kappa shape index (κ3) is 4.42. The standard InChI is InChI=1S/C17H13Br2NO4S/c1-23-13-5-11(6-14(9-13)24-2)7-15(10-20)25(21,22)17-8-12(18)3-4-16(17)19/h3-9H,1-2H3/b15-7+. The summed E-state index contributed by atoms with van der Waals surface area (Å²) in [6, 6.07) is 11.4. The normalized spacial score (nSPS) is 11.7. The molecule has 0 aliphatic carbocycles. The quantitative estimate of drug-likeness (QED) is 0.578. The van der Waals surface area contributed by atoms with Gasteiger partial charge in [0.15, 0.2) is 0 Å². The van der Waals surface area contributed by atoms with Crippen molar-refractivity contribution in [3.63, 3.8) is 0 Å². The Morgan fingerprint density at radius 2 is 1.68 bits per heavy atom. The first kappa shape index (κ1) is 19.5. The van der Waals surface area contributed by atoms with E-state index in [1.165, 1.54) is 26.4 Å². The molecule has 0 radical (unpaired) electrons. The summed E-state index contributed by atoms with van der Waals surface area (Å²) in [6.45, 7) is 0. The van der Waals surface area contributed by atoms with Gasteiger partial charge in [0.2, 0.25) is 9.84 Å². The van der Waals surface area contributed by atoms with Crippen LogP contribution < -0.4 is 9.47 Å². The van der Waals surface area contributed by atoms with Crippen LogP contribution in [0, 0.1) is 11.3 Å². The minimum atomic E-state index is -4.00. The molecule has 2 aromatic rings.